The lowest BCUT2D eigenvalue weighted by atomic mass is 10.1. The molecule has 7 heteroatoms. The molecule has 30 heavy (non-hydrogen) atoms. The Kier molecular flexibility index (Phi) is 4.48. The summed E-state index contributed by atoms with van der Waals surface area (Å²) in [6.07, 6.45) is 7.03. The summed E-state index contributed by atoms with van der Waals surface area (Å²) < 4.78 is 3.70. The molecule has 5 rings (SSSR count). The van der Waals surface area contributed by atoms with Gasteiger partial charge in [-0.2, -0.15) is 5.10 Å². The number of imidazole rings is 1. The van der Waals surface area contributed by atoms with Crippen LogP contribution in [0.1, 0.15) is 28.8 Å². The average Bonchev–Trinajstić information content (AvgIpc) is 3.37. The molecule has 1 N–H and O–H groups in total. The van der Waals surface area contributed by atoms with Gasteiger partial charge in [0, 0.05) is 11.6 Å². The molecular weight excluding hydrogens is 376 g/mol. The number of carbonyl (C=O) groups excluding carboxylic acids is 1. The molecule has 1 aromatic carbocycles. The van der Waals surface area contributed by atoms with E-state index in [1.165, 1.54) is 0 Å². The van der Waals surface area contributed by atoms with Crippen LogP contribution in [0.2, 0.25) is 0 Å². The maximum absolute atomic E-state index is 13.0. The topological polar surface area (TPSA) is 77.1 Å². The number of nitrogens with one attached hydrogen (secondary N) is 1. The zero-order valence-electron chi connectivity index (χ0n) is 16.4. The highest BCUT2D eigenvalue weighted by molar-refractivity contribution is 6.08. The van der Waals surface area contributed by atoms with E-state index in [9.17, 15) is 4.79 Å². The minimum atomic E-state index is -0.213. The normalized spacial score (nSPS) is 11.2. The Morgan fingerprint density at radius 2 is 2.07 bits per heavy atom. The molecule has 0 aliphatic carbocycles. The molecule has 1 radical (unpaired) electrons. The fourth-order valence-electron chi connectivity index (χ4n) is 3.67. The lowest BCUT2D eigenvalue weighted by Crippen LogP contribution is -2.14. The lowest BCUT2D eigenvalue weighted by Gasteiger charge is -2.08. The standard InChI is InChI=1S/C23H19N6O/c1-2-17-22-18(26-23(30)20-14-25-21-11-4-6-13-28(20)21)9-7-10-19(22)29(27-17)15-16-8-3-5-12-24-16/h3-11,13-14H,2,15H2,1H3,(H,26,30). The van der Waals surface area contributed by atoms with Crippen molar-refractivity contribution in [3.63, 3.8) is 0 Å². The van der Waals surface area contributed by atoms with Crippen molar-refractivity contribution in [3.8, 4) is 0 Å². The van der Waals surface area contributed by atoms with Gasteiger partial charge >= 0.3 is 0 Å². The number of hydrogen-bond acceptors (Lipinski definition) is 4. The van der Waals surface area contributed by atoms with E-state index in [1.54, 1.807) is 16.7 Å². The van der Waals surface area contributed by atoms with Crippen LogP contribution in [0.25, 0.3) is 16.6 Å². The molecule has 0 aliphatic heterocycles. The van der Waals surface area contributed by atoms with Gasteiger partial charge in [-0.05, 0) is 42.8 Å². The Morgan fingerprint density at radius 1 is 1.13 bits per heavy atom. The molecule has 0 bridgehead atoms. The van der Waals surface area contributed by atoms with Gasteiger partial charge in [-0.3, -0.25) is 13.9 Å². The van der Waals surface area contributed by atoms with Crippen molar-refractivity contribution in [2.75, 3.05) is 5.32 Å². The molecule has 0 fully saturated rings. The molecule has 147 valence electrons. The van der Waals surface area contributed by atoms with Crippen LogP contribution >= 0.6 is 0 Å². The summed E-state index contributed by atoms with van der Waals surface area (Å²) in [5.74, 6) is -0.213. The van der Waals surface area contributed by atoms with Crippen molar-refractivity contribution < 1.29 is 4.79 Å². The third kappa shape index (κ3) is 3.10. The Labute approximate surface area is 173 Å². The third-order valence-electron chi connectivity index (χ3n) is 5.06. The predicted molar refractivity (Wildman–Crippen MR) is 114 cm³/mol. The Hall–Kier alpha value is -4.00. The van der Waals surface area contributed by atoms with Crippen molar-refractivity contribution in [1.29, 1.82) is 0 Å². The first-order valence-corrected chi connectivity index (χ1v) is 9.78. The van der Waals surface area contributed by atoms with Gasteiger partial charge in [0.15, 0.2) is 0 Å². The second-order valence-corrected chi connectivity index (χ2v) is 6.94. The third-order valence-corrected chi connectivity index (χ3v) is 5.06. The quantitative estimate of drug-likeness (QED) is 0.492. The number of carbonyl (C=O) groups is 1. The number of hydrogen-bond donors (Lipinski definition) is 1. The molecule has 0 saturated heterocycles. The summed E-state index contributed by atoms with van der Waals surface area (Å²) in [5.41, 5.74) is 4.71. The van der Waals surface area contributed by atoms with Gasteiger partial charge in [0.05, 0.1) is 41.5 Å². The van der Waals surface area contributed by atoms with Crippen LogP contribution < -0.4 is 5.32 Å². The predicted octanol–water partition coefficient (Wildman–Crippen LogP) is 3.74. The number of nitrogens with zero attached hydrogens (tertiary/aromatic N) is 5. The minimum Gasteiger partial charge on any atom is -0.320 e. The van der Waals surface area contributed by atoms with Crippen LogP contribution in [0.5, 0.6) is 0 Å². The summed E-state index contributed by atoms with van der Waals surface area (Å²) in [6, 6.07) is 17.1. The highest BCUT2D eigenvalue weighted by Gasteiger charge is 2.17. The number of aryl methyl sites for hydroxylation is 1. The number of aromatic nitrogens is 5. The number of rotatable bonds is 5. The van der Waals surface area contributed by atoms with Crippen molar-refractivity contribution in [2.45, 2.75) is 19.9 Å². The molecular formula is C23H19N6O. The number of pyridine rings is 2. The fourth-order valence-corrected chi connectivity index (χ4v) is 3.67. The first-order chi connectivity index (χ1) is 14.7. The monoisotopic (exact) mass is 395 g/mol. The van der Waals surface area contributed by atoms with Gasteiger partial charge in [0.1, 0.15) is 11.3 Å². The fraction of sp³-hybridized carbons (Fsp3) is 0.130. The maximum atomic E-state index is 13.0. The Balaban J connectivity index is 1.54. The van der Waals surface area contributed by atoms with Crippen LogP contribution in [0.15, 0.2) is 67.0 Å². The van der Waals surface area contributed by atoms with Crippen molar-refractivity contribution in [3.05, 3.63) is 90.3 Å². The van der Waals surface area contributed by atoms with Crippen molar-refractivity contribution in [2.24, 2.45) is 0 Å². The average molecular weight is 395 g/mol. The zero-order chi connectivity index (χ0) is 20.5. The summed E-state index contributed by atoms with van der Waals surface area (Å²) >= 11 is 0. The SMILES string of the molecule is CCc1nn(Cc2ccc[c]n2)c2cccc(NC(=O)c3cnc4ccccn34)c12. The van der Waals surface area contributed by atoms with Crippen LogP contribution in [0.4, 0.5) is 5.69 Å². The summed E-state index contributed by atoms with van der Waals surface area (Å²) in [5, 5.41) is 8.78. The van der Waals surface area contributed by atoms with E-state index in [1.807, 2.05) is 59.4 Å². The molecule has 0 spiro atoms. The smallest absolute Gasteiger partial charge is 0.274 e. The van der Waals surface area contributed by atoms with Crippen LogP contribution in [-0.4, -0.2) is 30.1 Å². The number of amides is 1. The van der Waals surface area contributed by atoms with Gasteiger partial charge in [-0.25, -0.2) is 9.97 Å². The molecule has 0 saturated carbocycles. The van der Waals surface area contributed by atoms with E-state index < -0.39 is 0 Å². The van der Waals surface area contributed by atoms with E-state index in [0.29, 0.717) is 12.2 Å². The highest BCUT2D eigenvalue weighted by Crippen LogP contribution is 2.28. The minimum absolute atomic E-state index is 0.213. The molecule has 1 amide bonds. The second kappa shape index (κ2) is 7.44. The molecule has 0 aliphatic rings. The molecule has 7 nitrogen and oxygen atoms in total. The van der Waals surface area contributed by atoms with Crippen LogP contribution in [0.3, 0.4) is 0 Å². The first-order valence-electron chi connectivity index (χ1n) is 9.78. The molecule has 4 aromatic heterocycles. The van der Waals surface area contributed by atoms with Gasteiger partial charge < -0.3 is 5.32 Å². The van der Waals surface area contributed by atoms with Crippen molar-refractivity contribution in [1.82, 2.24) is 24.1 Å². The summed E-state index contributed by atoms with van der Waals surface area (Å²) in [7, 11) is 0. The maximum Gasteiger partial charge on any atom is 0.274 e. The van der Waals surface area contributed by atoms with E-state index in [4.69, 9.17) is 5.10 Å². The summed E-state index contributed by atoms with van der Waals surface area (Å²) in [4.78, 5) is 21.6. The number of anilines is 1. The van der Waals surface area contributed by atoms with Crippen molar-refractivity contribution >= 4 is 28.1 Å². The number of fused-ring (bicyclic) bond motifs is 2. The van der Waals surface area contributed by atoms with Crippen LogP contribution in [0, 0.1) is 6.20 Å². The Morgan fingerprint density at radius 3 is 2.90 bits per heavy atom. The van der Waals surface area contributed by atoms with Gasteiger partial charge in [0.25, 0.3) is 5.91 Å². The highest BCUT2D eigenvalue weighted by atomic mass is 16.1. The largest absolute Gasteiger partial charge is 0.320 e. The van der Waals surface area contributed by atoms with E-state index >= 15 is 0 Å². The molecule has 0 atom stereocenters. The van der Waals surface area contributed by atoms with E-state index in [0.717, 1.165) is 40.0 Å². The lowest BCUT2D eigenvalue weighted by molar-refractivity contribution is 0.102. The summed E-state index contributed by atoms with van der Waals surface area (Å²) in [6.45, 7) is 2.60. The molecule has 0 unspecified atom stereocenters. The molecule has 4 heterocycles. The second-order valence-electron chi connectivity index (χ2n) is 6.94. The molecule has 5 aromatic rings. The zero-order valence-corrected chi connectivity index (χ0v) is 16.4. The van der Waals surface area contributed by atoms with Gasteiger partial charge in [0.2, 0.25) is 0 Å². The van der Waals surface area contributed by atoms with E-state index in [2.05, 4.69) is 28.4 Å². The van der Waals surface area contributed by atoms with Gasteiger partial charge in [-0.15, -0.1) is 0 Å². The van der Waals surface area contributed by atoms with Gasteiger partial charge in [-0.1, -0.05) is 25.1 Å². The number of benzene rings is 1. The Bertz CT molecular complexity index is 1350. The van der Waals surface area contributed by atoms with E-state index in [-0.39, 0.29) is 5.91 Å². The first kappa shape index (κ1) is 18.1. The van der Waals surface area contributed by atoms with Crippen LogP contribution in [-0.2, 0) is 13.0 Å².